The van der Waals surface area contributed by atoms with E-state index in [2.05, 4.69) is 32.9 Å². The second-order valence-electron chi connectivity index (χ2n) is 6.11. The molecule has 1 aliphatic carbocycles. The van der Waals surface area contributed by atoms with Gasteiger partial charge in [0, 0.05) is 18.2 Å². The molecule has 0 spiro atoms. The fourth-order valence-corrected chi connectivity index (χ4v) is 2.47. The quantitative estimate of drug-likeness (QED) is 0.428. The van der Waals surface area contributed by atoms with Crippen LogP contribution in [0.25, 0.3) is 0 Å². The summed E-state index contributed by atoms with van der Waals surface area (Å²) in [5.41, 5.74) is 8.35. The van der Waals surface area contributed by atoms with Gasteiger partial charge in [-0.15, -0.1) is 0 Å². The zero-order valence-corrected chi connectivity index (χ0v) is 16.2. The van der Waals surface area contributed by atoms with E-state index in [9.17, 15) is 5.11 Å². The Morgan fingerprint density at radius 1 is 1.04 bits per heavy atom. The van der Waals surface area contributed by atoms with Crippen molar-refractivity contribution in [3.63, 3.8) is 0 Å². The maximum Gasteiger partial charge on any atom is 0.130 e. The smallest absolute Gasteiger partial charge is 0.130 e. The van der Waals surface area contributed by atoms with Crippen molar-refractivity contribution in [3.05, 3.63) is 56.9 Å². The number of aliphatic hydroxyl groups excluding tert-OH is 3. The average molecular weight is 355 g/mol. The third-order valence-corrected chi connectivity index (χ3v) is 4.12. The Kier molecular flexibility index (Phi) is 11.5. The largest absolute Gasteiger partial charge is 0.507 e. The predicted octanol–water partition coefficient (Wildman–Crippen LogP) is 5.33. The van der Waals surface area contributed by atoms with Crippen LogP contribution in [-0.4, -0.2) is 29.0 Å². The Labute approximate surface area is 151 Å². The van der Waals surface area contributed by atoms with Gasteiger partial charge in [0.25, 0.3) is 0 Å². The van der Waals surface area contributed by atoms with E-state index in [0.29, 0.717) is 6.42 Å². The van der Waals surface area contributed by atoms with Crippen LogP contribution in [0, 0.1) is 0 Å². The summed E-state index contributed by atoms with van der Waals surface area (Å²) in [4.78, 5) is 0. The van der Waals surface area contributed by atoms with Crippen molar-refractivity contribution in [2.45, 2.75) is 53.4 Å². The highest BCUT2D eigenvalue weighted by atomic mass is 35.5. The van der Waals surface area contributed by atoms with Crippen LogP contribution in [0.3, 0.4) is 0 Å². The standard InChI is InChI=1S/C19H27ClO2.CH4O/c1-13(2)17-10-18(17)16(19(22)11-20)9-8-14(3)6-5-7-15(4)12-21;1-2/h7-8,11,21-22H,5-6,9-10,12H2,1-4H3;2H,1H3/b14-8+,15-7+,18-16-,19-11-;. The SMILES string of the molecule is CC(C)=C1C/C1=C(C/C=C(\C)CC/C=C(\C)CO)/C(O)=C/Cl.CO. The second-order valence-corrected chi connectivity index (χ2v) is 6.33. The lowest BCUT2D eigenvalue weighted by Crippen LogP contribution is -1.89. The van der Waals surface area contributed by atoms with E-state index in [1.165, 1.54) is 27.8 Å². The molecule has 0 bridgehead atoms. The summed E-state index contributed by atoms with van der Waals surface area (Å²) in [5, 5.41) is 26.0. The van der Waals surface area contributed by atoms with Gasteiger partial charge >= 0.3 is 0 Å². The lowest BCUT2D eigenvalue weighted by atomic mass is 10.0. The van der Waals surface area contributed by atoms with Gasteiger partial charge in [-0.05, 0) is 64.5 Å². The molecule has 3 N–H and O–H groups in total. The van der Waals surface area contributed by atoms with E-state index >= 15 is 0 Å². The minimum Gasteiger partial charge on any atom is -0.507 e. The predicted molar refractivity (Wildman–Crippen MR) is 103 cm³/mol. The Balaban J connectivity index is 0.00000254. The van der Waals surface area contributed by atoms with Gasteiger partial charge < -0.3 is 15.3 Å². The fraction of sp³-hybridized carbons (Fsp3) is 0.500. The van der Waals surface area contributed by atoms with E-state index < -0.39 is 0 Å². The zero-order chi connectivity index (χ0) is 18.7. The molecule has 0 aromatic carbocycles. The highest BCUT2D eigenvalue weighted by Crippen LogP contribution is 2.44. The maximum atomic E-state index is 10.0. The molecule has 1 rings (SSSR count). The fourth-order valence-electron chi connectivity index (χ4n) is 2.34. The molecule has 0 amide bonds. The van der Waals surface area contributed by atoms with Crippen LogP contribution in [0.5, 0.6) is 0 Å². The van der Waals surface area contributed by atoms with Crippen LogP contribution < -0.4 is 0 Å². The molecule has 24 heavy (non-hydrogen) atoms. The Bertz CT molecular complexity index is 559. The van der Waals surface area contributed by atoms with Gasteiger partial charge in [-0.2, -0.15) is 0 Å². The second kappa shape index (κ2) is 12.1. The van der Waals surface area contributed by atoms with Crippen molar-refractivity contribution in [1.29, 1.82) is 0 Å². The molecule has 0 aliphatic heterocycles. The molecule has 0 atom stereocenters. The number of halogens is 1. The Morgan fingerprint density at radius 2 is 1.67 bits per heavy atom. The molecule has 0 aromatic rings. The molecule has 1 fully saturated rings. The molecule has 1 saturated carbocycles. The van der Waals surface area contributed by atoms with Crippen LogP contribution in [0.4, 0.5) is 0 Å². The molecule has 136 valence electrons. The minimum absolute atomic E-state index is 0.124. The highest BCUT2D eigenvalue weighted by molar-refractivity contribution is 6.25. The molecule has 0 saturated heterocycles. The molecule has 0 heterocycles. The first-order valence-electron chi connectivity index (χ1n) is 8.16. The lowest BCUT2D eigenvalue weighted by Gasteiger charge is -2.04. The lowest BCUT2D eigenvalue weighted by molar-refractivity contribution is 0.331. The maximum absolute atomic E-state index is 10.0. The molecule has 3 nitrogen and oxygen atoms in total. The summed E-state index contributed by atoms with van der Waals surface area (Å²) in [6, 6.07) is 0. The summed E-state index contributed by atoms with van der Waals surface area (Å²) in [7, 11) is 1.00. The minimum atomic E-state index is 0.124. The van der Waals surface area contributed by atoms with Crippen molar-refractivity contribution in [3.8, 4) is 0 Å². The first-order valence-corrected chi connectivity index (χ1v) is 8.59. The normalized spacial score (nSPS) is 17.3. The molecule has 0 unspecified atom stereocenters. The van der Waals surface area contributed by atoms with Gasteiger partial charge in [0.2, 0.25) is 0 Å². The number of rotatable bonds is 7. The number of hydrogen-bond acceptors (Lipinski definition) is 3. The summed E-state index contributed by atoms with van der Waals surface area (Å²) in [6.07, 6.45) is 7.77. The monoisotopic (exact) mass is 354 g/mol. The molecule has 1 aliphatic rings. The third kappa shape index (κ3) is 8.00. The average Bonchev–Trinajstić information content (AvgIpc) is 3.37. The van der Waals surface area contributed by atoms with E-state index in [1.807, 2.05) is 6.92 Å². The van der Waals surface area contributed by atoms with Crippen molar-refractivity contribution < 1.29 is 15.3 Å². The van der Waals surface area contributed by atoms with Crippen molar-refractivity contribution in [2.75, 3.05) is 13.7 Å². The Hall–Kier alpha value is -1.29. The topological polar surface area (TPSA) is 60.7 Å². The van der Waals surface area contributed by atoms with Gasteiger partial charge in [0.15, 0.2) is 0 Å². The first-order chi connectivity index (χ1) is 11.4. The van der Waals surface area contributed by atoms with Gasteiger partial charge in [-0.1, -0.05) is 40.5 Å². The van der Waals surface area contributed by atoms with Crippen LogP contribution in [0.1, 0.15) is 53.4 Å². The first kappa shape index (κ1) is 22.7. The number of aliphatic hydroxyl groups is 3. The van der Waals surface area contributed by atoms with Crippen LogP contribution in [0.2, 0.25) is 0 Å². The van der Waals surface area contributed by atoms with Crippen LogP contribution >= 0.6 is 11.6 Å². The highest BCUT2D eigenvalue weighted by Gasteiger charge is 2.27. The summed E-state index contributed by atoms with van der Waals surface area (Å²) >= 11 is 5.68. The molecule has 0 radical (unpaired) electrons. The van der Waals surface area contributed by atoms with Gasteiger partial charge in [0.1, 0.15) is 5.76 Å². The van der Waals surface area contributed by atoms with Crippen LogP contribution in [-0.2, 0) is 0 Å². The molecule has 4 heteroatoms. The zero-order valence-electron chi connectivity index (χ0n) is 15.5. The van der Waals surface area contributed by atoms with Gasteiger partial charge in [-0.25, -0.2) is 0 Å². The van der Waals surface area contributed by atoms with Crippen molar-refractivity contribution in [1.82, 2.24) is 0 Å². The van der Waals surface area contributed by atoms with E-state index in [0.717, 1.165) is 37.5 Å². The Morgan fingerprint density at radius 3 is 2.12 bits per heavy atom. The number of allylic oxidation sites excluding steroid dienone is 7. The van der Waals surface area contributed by atoms with Crippen molar-refractivity contribution >= 4 is 11.6 Å². The molecule has 0 aromatic heterocycles. The summed E-state index contributed by atoms with van der Waals surface area (Å²) < 4.78 is 0. The van der Waals surface area contributed by atoms with Crippen molar-refractivity contribution in [2.24, 2.45) is 0 Å². The summed E-state index contributed by atoms with van der Waals surface area (Å²) in [5.74, 6) is 0.174. The van der Waals surface area contributed by atoms with Gasteiger partial charge in [0.05, 0.1) is 6.61 Å². The number of hydrogen-bond donors (Lipinski definition) is 3. The summed E-state index contributed by atoms with van der Waals surface area (Å²) in [6.45, 7) is 8.34. The molecular formula is C20H31ClO3. The van der Waals surface area contributed by atoms with E-state index in [-0.39, 0.29) is 12.4 Å². The third-order valence-electron chi connectivity index (χ3n) is 3.91. The van der Waals surface area contributed by atoms with E-state index in [1.54, 1.807) is 0 Å². The molecular weight excluding hydrogens is 324 g/mol. The van der Waals surface area contributed by atoms with Gasteiger partial charge in [-0.3, -0.25) is 0 Å². The van der Waals surface area contributed by atoms with E-state index in [4.69, 9.17) is 21.8 Å². The van der Waals surface area contributed by atoms with Crippen LogP contribution in [0.15, 0.2) is 56.9 Å².